The van der Waals surface area contributed by atoms with Gasteiger partial charge in [-0.25, -0.2) is 4.39 Å². The first-order valence-electron chi connectivity index (χ1n) is 5.47. The Morgan fingerprint density at radius 2 is 2.11 bits per heavy atom. The number of halogens is 3. The maximum absolute atomic E-state index is 13.3. The van der Waals surface area contributed by atoms with Gasteiger partial charge in [0.05, 0.1) is 13.0 Å². The highest BCUT2D eigenvalue weighted by Crippen LogP contribution is 2.25. The fourth-order valence-corrected chi connectivity index (χ4v) is 1.69. The molecule has 100 valence electrons. The van der Waals surface area contributed by atoms with E-state index in [1.165, 1.54) is 6.07 Å². The van der Waals surface area contributed by atoms with Crippen molar-refractivity contribution in [2.45, 2.75) is 26.3 Å². The van der Waals surface area contributed by atoms with E-state index in [-0.39, 0.29) is 30.7 Å². The summed E-state index contributed by atoms with van der Waals surface area (Å²) in [5.41, 5.74) is 0. The van der Waals surface area contributed by atoms with Gasteiger partial charge in [0.2, 0.25) is 11.7 Å². The third kappa shape index (κ3) is 4.60. The summed E-state index contributed by atoms with van der Waals surface area (Å²) in [7, 11) is 0. The molecule has 0 spiro atoms. The summed E-state index contributed by atoms with van der Waals surface area (Å²) in [6.07, 6.45) is 0.0890. The molecule has 0 saturated heterocycles. The summed E-state index contributed by atoms with van der Waals surface area (Å²) in [6.45, 7) is 3.66. The zero-order valence-electron chi connectivity index (χ0n) is 10.1. The Hall–Kier alpha value is -1.17. The minimum Gasteiger partial charge on any atom is -0.490 e. The molecule has 0 fully saturated rings. The number of amides is 1. The van der Waals surface area contributed by atoms with E-state index in [0.717, 1.165) is 6.07 Å². The van der Waals surface area contributed by atoms with E-state index >= 15 is 0 Å². The van der Waals surface area contributed by atoms with Gasteiger partial charge in [-0.3, -0.25) is 4.79 Å². The zero-order valence-corrected chi connectivity index (χ0v) is 11.7. The molecule has 0 aliphatic rings. The Morgan fingerprint density at radius 3 is 2.72 bits per heavy atom. The van der Waals surface area contributed by atoms with Crippen LogP contribution in [0.4, 0.5) is 8.78 Å². The molecule has 0 aliphatic carbocycles. The van der Waals surface area contributed by atoms with Crippen LogP contribution in [-0.2, 0) is 4.79 Å². The van der Waals surface area contributed by atoms with Crippen molar-refractivity contribution in [2.75, 3.05) is 6.61 Å². The third-order valence-electron chi connectivity index (χ3n) is 2.00. The number of carbonyl (C=O) groups is 1. The first-order chi connectivity index (χ1) is 8.40. The van der Waals surface area contributed by atoms with E-state index in [1.54, 1.807) is 0 Å². The van der Waals surface area contributed by atoms with Gasteiger partial charge >= 0.3 is 0 Å². The van der Waals surface area contributed by atoms with Crippen LogP contribution in [0, 0.1) is 11.6 Å². The highest BCUT2D eigenvalue weighted by atomic mass is 79.9. The second kappa shape index (κ2) is 6.68. The van der Waals surface area contributed by atoms with Crippen molar-refractivity contribution in [1.29, 1.82) is 0 Å². The van der Waals surface area contributed by atoms with Crippen molar-refractivity contribution >= 4 is 21.8 Å². The molecule has 0 saturated carbocycles. The maximum Gasteiger partial charge on any atom is 0.223 e. The van der Waals surface area contributed by atoms with Crippen LogP contribution in [0.3, 0.4) is 0 Å². The SMILES string of the molecule is CC(C)NC(=O)CCOc1cc(Br)cc(F)c1F. The number of benzene rings is 1. The number of rotatable bonds is 5. The number of nitrogens with one attached hydrogen (secondary N) is 1. The molecule has 1 aromatic rings. The molecule has 0 aromatic heterocycles. The van der Waals surface area contributed by atoms with Crippen LogP contribution in [0.2, 0.25) is 0 Å². The van der Waals surface area contributed by atoms with Crippen molar-refractivity contribution < 1.29 is 18.3 Å². The molecule has 1 aromatic carbocycles. The van der Waals surface area contributed by atoms with Gasteiger partial charge in [-0.15, -0.1) is 0 Å². The lowest BCUT2D eigenvalue weighted by Crippen LogP contribution is -2.31. The minimum atomic E-state index is -1.05. The summed E-state index contributed by atoms with van der Waals surface area (Å²) in [4.78, 5) is 11.3. The molecule has 1 amide bonds. The molecule has 0 radical (unpaired) electrons. The third-order valence-corrected chi connectivity index (χ3v) is 2.45. The van der Waals surface area contributed by atoms with Crippen LogP contribution < -0.4 is 10.1 Å². The summed E-state index contributed by atoms with van der Waals surface area (Å²) in [6, 6.07) is 2.37. The fraction of sp³-hybridized carbons (Fsp3) is 0.417. The van der Waals surface area contributed by atoms with Gasteiger partial charge in [-0.05, 0) is 26.0 Å². The lowest BCUT2D eigenvalue weighted by atomic mass is 10.3. The minimum absolute atomic E-state index is 0.00856. The Kier molecular flexibility index (Phi) is 5.53. The molecule has 0 bridgehead atoms. The monoisotopic (exact) mass is 321 g/mol. The van der Waals surface area contributed by atoms with Gasteiger partial charge in [0.25, 0.3) is 0 Å². The van der Waals surface area contributed by atoms with Gasteiger partial charge in [0, 0.05) is 10.5 Å². The molecule has 1 rings (SSSR count). The number of hydrogen-bond donors (Lipinski definition) is 1. The molecular weight excluding hydrogens is 308 g/mol. The van der Waals surface area contributed by atoms with E-state index < -0.39 is 11.6 Å². The molecule has 0 heterocycles. The lowest BCUT2D eigenvalue weighted by molar-refractivity contribution is -0.122. The van der Waals surface area contributed by atoms with Crippen LogP contribution in [-0.4, -0.2) is 18.6 Å². The van der Waals surface area contributed by atoms with Gasteiger partial charge in [-0.2, -0.15) is 4.39 Å². The molecule has 6 heteroatoms. The lowest BCUT2D eigenvalue weighted by Gasteiger charge is -2.10. The van der Waals surface area contributed by atoms with E-state index in [0.29, 0.717) is 4.47 Å². The second-order valence-corrected chi connectivity index (χ2v) is 4.94. The van der Waals surface area contributed by atoms with Crippen molar-refractivity contribution in [2.24, 2.45) is 0 Å². The summed E-state index contributed by atoms with van der Waals surface area (Å²) in [5, 5.41) is 2.67. The van der Waals surface area contributed by atoms with Crippen LogP contribution in [0.1, 0.15) is 20.3 Å². The van der Waals surface area contributed by atoms with E-state index in [9.17, 15) is 13.6 Å². The fourth-order valence-electron chi connectivity index (χ4n) is 1.29. The summed E-state index contributed by atoms with van der Waals surface area (Å²) in [5.74, 6) is -2.45. The van der Waals surface area contributed by atoms with Crippen LogP contribution in [0.5, 0.6) is 5.75 Å². The smallest absolute Gasteiger partial charge is 0.223 e. The molecule has 3 nitrogen and oxygen atoms in total. The summed E-state index contributed by atoms with van der Waals surface area (Å²) < 4.78 is 31.8. The molecule has 0 unspecified atom stereocenters. The second-order valence-electron chi connectivity index (χ2n) is 4.02. The Balaban J connectivity index is 2.52. The average molecular weight is 322 g/mol. The van der Waals surface area contributed by atoms with Crippen molar-refractivity contribution in [1.82, 2.24) is 5.32 Å². The number of hydrogen-bond acceptors (Lipinski definition) is 2. The van der Waals surface area contributed by atoms with E-state index in [2.05, 4.69) is 21.2 Å². The number of ether oxygens (including phenoxy) is 1. The Labute approximate surface area is 113 Å². The maximum atomic E-state index is 13.3. The normalized spacial score (nSPS) is 10.6. The average Bonchev–Trinajstić information content (AvgIpc) is 2.23. The first-order valence-corrected chi connectivity index (χ1v) is 6.26. The van der Waals surface area contributed by atoms with Crippen LogP contribution >= 0.6 is 15.9 Å². The van der Waals surface area contributed by atoms with Crippen LogP contribution in [0.25, 0.3) is 0 Å². The standard InChI is InChI=1S/C12H14BrF2NO2/c1-7(2)16-11(17)3-4-18-10-6-8(13)5-9(14)12(10)15/h5-7H,3-4H2,1-2H3,(H,16,17). The molecule has 0 aliphatic heterocycles. The summed E-state index contributed by atoms with van der Waals surface area (Å²) >= 11 is 3.03. The predicted molar refractivity (Wildman–Crippen MR) is 67.4 cm³/mol. The molecule has 1 N–H and O–H groups in total. The van der Waals surface area contributed by atoms with Gasteiger partial charge in [0.1, 0.15) is 0 Å². The largest absolute Gasteiger partial charge is 0.490 e. The molecule has 18 heavy (non-hydrogen) atoms. The van der Waals surface area contributed by atoms with E-state index in [4.69, 9.17) is 4.74 Å². The van der Waals surface area contributed by atoms with E-state index in [1.807, 2.05) is 13.8 Å². The topological polar surface area (TPSA) is 38.3 Å². The molecular formula is C12H14BrF2NO2. The quantitative estimate of drug-likeness (QED) is 0.847. The van der Waals surface area contributed by atoms with Gasteiger partial charge < -0.3 is 10.1 Å². The van der Waals surface area contributed by atoms with Crippen molar-refractivity contribution in [3.05, 3.63) is 28.2 Å². The van der Waals surface area contributed by atoms with Gasteiger partial charge in [0.15, 0.2) is 11.6 Å². The highest BCUT2D eigenvalue weighted by Gasteiger charge is 2.12. The van der Waals surface area contributed by atoms with Crippen molar-refractivity contribution in [3.63, 3.8) is 0 Å². The highest BCUT2D eigenvalue weighted by molar-refractivity contribution is 9.10. The Morgan fingerprint density at radius 1 is 1.44 bits per heavy atom. The van der Waals surface area contributed by atoms with Crippen LogP contribution in [0.15, 0.2) is 16.6 Å². The molecule has 0 atom stereocenters. The Bertz CT molecular complexity index is 438. The predicted octanol–water partition coefficient (Wildman–Crippen LogP) is 3.02. The first kappa shape index (κ1) is 14.9. The van der Waals surface area contributed by atoms with Gasteiger partial charge in [-0.1, -0.05) is 15.9 Å². The number of carbonyl (C=O) groups excluding carboxylic acids is 1. The zero-order chi connectivity index (χ0) is 13.7. The van der Waals surface area contributed by atoms with Crippen molar-refractivity contribution in [3.8, 4) is 5.75 Å².